The fourth-order valence-electron chi connectivity index (χ4n) is 2.66. The molecule has 2 unspecified atom stereocenters. The van der Waals surface area contributed by atoms with E-state index >= 15 is 0 Å². The zero-order chi connectivity index (χ0) is 14.3. The third-order valence-corrected chi connectivity index (χ3v) is 4.66. The van der Waals surface area contributed by atoms with Crippen LogP contribution in [0.4, 0.5) is 0 Å². The third kappa shape index (κ3) is 6.01. The Morgan fingerprint density at radius 1 is 1.11 bits per heavy atom. The highest BCUT2D eigenvalue weighted by Crippen LogP contribution is 2.28. The van der Waals surface area contributed by atoms with E-state index in [-0.39, 0.29) is 5.41 Å². The van der Waals surface area contributed by atoms with Crippen LogP contribution < -0.4 is 5.32 Å². The summed E-state index contributed by atoms with van der Waals surface area (Å²) in [6, 6.07) is 12.0. The number of thioether (sulfide) groups is 1. The van der Waals surface area contributed by atoms with Crippen molar-refractivity contribution in [3.63, 3.8) is 0 Å². The summed E-state index contributed by atoms with van der Waals surface area (Å²) in [6.45, 7) is 11.5. The maximum Gasteiger partial charge on any atom is 0.0132 e. The highest BCUT2D eigenvalue weighted by molar-refractivity contribution is 7.99. The second-order valence-corrected chi connectivity index (χ2v) is 7.40. The molecule has 0 saturated carbocycles. The molecule has 0 aliphatic carbocycles. The van der Waals surface area contributed by atoms with Crippen LogP contribution in [0, 0.1) is 0 Å². The molecule has 0 spiro atoms. The summed E-state index contributed by atoms with van der Waals surface area (Å²) < 4.78 is 0. The van der Waals surface area contributed by atoms with Crippen LogP contribution in [0.25, 0.3) is 0 Å². The molecule has 0 amide bonds. The molecule has 2 heteroatoms. The predicted octanol–water partition coefficient (Wildman–Crippen LogP) is 4.47. The largest absolute Gasteiger partial charge is 0.311 e. The summed E-state index contributed by atoms with van der Waals surface area (Å²) in [5, 5.41) is 3.72. The SMILES string of the molecule is CCSCC(C)NC(C)CC(C)(C)c1ccccc1. The Morgan fingerprint density at radius 2 is 1.74 bits per heavy atom. The van der Waals surface area contributed by atoms with Crippen LogP contribution in [-0.4, -0.2) is 23.6 Å². The second kappa shape index (κ2) is 7.96. The van der Waals surface area contributed by atoms with Gasteiger partial charge in [0.2, 0.25) is 0 Å². The van der Waals surface area contributed by atoms with Gasteiger partial charge in [-0.1, -0.05) is 51.1 Å². The van der Waals surface area contributed by atoms with E-state index < -0.39 is 0 Å². The van der Waals surface area contributed by atoms with Crippen molar-refractivity contribution >= 4 is 11.8 Å². The zero-order valence-electron chi connectivity index (χ0n) is 13.1. The van der Waals surface area contributed by atoms with Crippen molar-refractivity contribution in [1.29, 1.82) is 0 Å². The van der Waals surface area contributed by atoms with Gasteiger partial charge in [0.05, 0.1) is 0 Å². The number of rotatable bonds is 8. The van der Waals surface area contributed by atoms with Crippen LogP contribution in [0.2, 0.25) is 0 Å². The van der Waals surface area contributed by atoms with Crippen LogP contribution >= 0.6 is 11.8 Å². The van der Waals surface area contributed by atoms with E-state index in [1.165, 1.54) is 17.1 Å². The zero-order valence-corrected chi connectivity index (χ0v) is 13.9. The maximum atomic E-state index is 3.72. The molecule has 1 aromatic carbocycles. The highest BCUT2D eigenvalue weighted by atomic mass is 32.2. The molecular weight excluding hydrogens is 250 g/mol. The first-order chi connectivity index (χ1) is 8.95. The lowest BCUT2D eigenvalue weighted by Gasteiger charge is -2.30. The molecule has 2 atom stereocenters. The first-order valence-corrected chi connectivity index (χ1v) is 8.50. The Labute approximate surface area is 123 Å². The van der Waals surface area contributed by atoms with E-state index in [9.17, 15) is 0 Å². The third-order valence-electron chi connectivity index (χ3n) is 3.51. The maximum absolute atomic E-state index is 3.72. The summed E-state index contributed by atoms with van der Waals surface area (Å²) >= 11 is 2.01. The van der Waals surface area contributed by atoms with E-state index in [0.717, 1.165) is 6.42 Å². The molecule has 108 valence electrons. The van der Waals surface area contributed by atoms with Crippen LogP contribution in [0.5, 0.6) is 0 Å². The minimum Gasteiger partial charge on any atom is -0.311 e. The van der Waals surface area contributed by atoms with Crippen LogP contribution in [0.3, 0.4) is 0 Å². The lowest BCUT2D eigenvalue weighted by molar-refractivity contribution is 0.372. The van der Waals surface area contributed by atoms with Crippen molar-refractivity contribution in [1.82, 2.24) is 5.32 Å². The molecule has 0 aliphatic rings. The smallest absolute Gasteiger partial charge is 0.0132 e. The summed E-state index contributed by atoms with van der Waals surface area (Å²) in [5.41, 5.74) is 1.66. The van der Waals surface area contributed by atoms with Gasteiger partial charge in [0.15, 0.2) is 0 Å². The van der Waals surface area contributed by atoms with Gasteiger partial charge in [-0.3, -0.25) is 0 Å². The van der Waals surface area contributed by atoms with Crippen molar-refractivity contribution in [3.8, 4) is 0 Å². The molecule has 0 aromatic heterocycles. The first-order valence-electron chi connectivity index (χ1n) is 7.35. The summed E-state index contributed by atoms with van der Waals surface area (Å²) in [7, 11) is 0. The molecule has 0 fully saturated rings. The minimum atomic E-state index is 0.227. The summed E-state index contributed by atoms with van der Waals surface area (Å²) in [5.74, 6) is 2.41. The van der Waals surface area contributed by atoms with Gasteiger partial charge in [-0.25, -0.2) is 0 Å². The molecule has 19 heavy (non-hydrogen) atoms. The number of hydrogen-bond donors (Lipinski definition) is 1. The Bertz CT molecular complexity index is 348. The van der Waals surface area contributed by atoms with Gasteiger partial charge in [-0.15, -0.1) is 0 Å². The minimum absolute atomic E-state index is 0.227. The first kappa shape index (κ1) is 16.6. The van der Waals surface area contributed by atoms with E-state index in [1.54, 1.807) is 0 Å². The fraction of sp³-hybridized carbons (Fsp3) is 0.647. The molecule has 0 saturated heterocycles. The van der Waals surface area contributed by atoms with Gasteiger partial charge in [-0.05, 0) is 37.0 Å². The molecule has 0 radical (unpaired) electrons. The highest BCUT2D eigenvalue weighted by Gasteiger charge is 2.23. The normalized spacial score (nSPS) is 15.2. The number of nitrogens with one attached hydrogen (secondary N) is 1. The van der Waals surface area contributed by atoms with Crippen molar-refractivity contribution < 1.29 is 0 Å². The molecule has 1 N–H and O–H groups in total. The van der Waals surface area contributed by atoms with Crippen molar-refractivity contribution in [2.45, 2.75) is 58.5 Å². The van der Waals surface area contributed by atoms with E-state index in [0.29, 0.717) is 12.1 Å². The number of benzene rings is 1. The second-order valence-electron chi connectivity index (χ2n) is 6.08. The lowest BCUT2D eigenvalue weighted by atomic mass is 9.79. The molecule has 0 bridgehead atoms. The molecule has 1 nitrogen and oxygen atoms in total. The van der Waals surface area contributed by atoms with Crippen molar-refractivity contribution in [3.05, 3.63) is 35.9 Å². The Balaban J connectivity index is 2.49. The van der Waals surface area contributed by atoms with E-state index in [4.69, 9.17) is 0 Å². The molecule has 1 aromatic rings. The van der Waals surface area contributed by atoms with Crippen LogP contribution in [-0.2, 0) is 5.41 Å². The van der Waals surface area contributed by atoms with Gasteiger partial charge in [0.25, 0.3) is 0 Å². The Morgan fingerprint density at radius 3 is 2.32 bits per heavy atom. The molecule has 0 aliphatic heterocycles. The molecule has 0 heterocycles. The van der Waals surface area contributed by atoms with Gasteiger partial charge >= 0.3 is 0 Å². The van der Waals surface area contributed by atoms with E-state index in [1.807, 2.05) is 11.8 Å². The monoisotopic (exact) mass is 279 g/mol. The lowest BCUT2D eigenvalue weighted by Crippen LogP contribution is -2.39. The average molecular weight is 279 g/mol. The van der Waals surface area contributed by atoms with Crippen LogP contribution in [0.15, 0.2) is 30.3 Å². The quantitative estimate of drug-likeness (QED) is 0.753. The van der Waals surface area contributed by atoms with Gasteiger partial charge in [0.1, 0.15) is 0 Å². The fourth-order valence-corrected chi connectivity index (χ4v) is 3.35. The summed E-state index contributed by atoms with van der Waals surface area (Å²) in [4.78, 5) is 0. The van der Waals surface area contributed by atoms with Gasteiger partial charge in [0, 0.05) is 17.8 Å². The number of hydrogen-bond acceptors (Lipinski definition) is 2. The standard InChI is InChI=1S/C17H29NS/c1-6-19-13-15(3)18-14(2)12-17(4,5)16-10-8-7-9-11-16/h7-11,14-15,18H,6,12-13H2,1-5H3. The average Bonchev–Trinajstić information content (AvgIpc) is 2.36. The molecular formula is C17H29NS. The van der Waals surface area contributed by atoms with E-state index in [2.05, 4.69) is 70.3 Å². The topological polar surface area (TPSA) is 12.0 Å². The van der Waals surface area contributed by atoms with Crippen molar-refractivity contribution in [2.75, 3.05) is 11.5 Å². The Kier molecular flexibility index (Phi) is 6.95. The van der Waals surface area contributed by atoms with Crippen molar-refractivity contribution in [2.24, 2.45) is 0 Å². The van der Waals surface area contributed by atoms with Gasteiger partial charge in [-0.2, -0.15) is 11.8 Å². The predicted molar refractivity (Wildman–Crippen MR) is 89.1 cm³/mol. The Hall–Kier alpha value is -0.470. The summed E-state index contributed by atoms with van der Waals surface area (Å²) in [6.07, 6.45) is 1.16. The van der Waals surface area contributed by atoms with Gasteiger partial charge < -0.3 is 5.32 Å². The van der Waals surface area contributed by atoms with Crippen LogP contribution in [0.1, 0.15) is 46.6 Å². The molecule has 1 rings (SSSR count).